The molecule has 0 heterocycles. The van der Waals surface area contributed by atoms with E-state index in [9.17, 15) is 19.8 Å². The Bertz CT molecular complexity index is 1430. The lowest BCUT2D eigenvalue weighted by Crippen LogP contribution is -2.45. The highest BCUT2D eigenvalue weighted by Crippen LogP contribution is 2.20. The van der Waals surface area contributed by atoms with Gasteiger partial charge in [-0.15, -0.1) is 0 Å². The summed E-state index contributed by atoms with van der Waals surface area (Å²) < 4.78 is 5.51. The SMILES string of the molecule is CCCCCCCC/C=C\CCCCCCCCCC(=O)OCCCCCCCCCCCCCCCCCC/C=C\CCCCCCCCCCCCCCCCCCCC(=O)NC(CO)C(O)/C=C/CCCCCCCCCCCCCCCCC. The van der Waals surface area contributed by atoms with Gasteiger partial charge in [0.05, 0.1) is 25.4 Å². The van der Waals surface area contributed by atoms with Gasteiger partial charge in [0.2, 0.25) is 5.91 Å². The zero-order valence-corrected chi connectivity index (χ0v) is 59.7. The van der Waals surface area contributed by atoms with E-state index in [1.54, 1.807) is 6.08 Å². The van der Waals surface area contributed by atoms with Crippen LogP contribution in [0.1, 0.15) is 450 Å². The molecule has 520 valence electrons. The minimum Gasteiger partial charge on any atom is -0.466 e. The van der Waals surface area contributed by atoms with Gasteiger partial charge < -0.3 is 20.3 Å². The van der Waals surface area contributed by atoms with Gasteiger partial charge in [0.25, 0.3) is 0 Å². The van der Waals surface area contributed by atoms with Gasteiger partial charge in [-0.2, -0.15) is 0 Å². The minimum atomic E-state index is -0.842. The Kier molecular flexibility index (Phi) is 75.8. The molecule has 0 aromatic carbocycles. The molecule has 0 bridgehead atoms. The van der Waals surface area contributed by atoms with E-state index in [-0.39, 0.29) is 18.5 Å². The van der Waals surface area contributed by atoms with Crippen molar-refractivity contribution in [1.29, 1.82) is 0 Å². The van der Waals surface area contributed by atoms with Crippen LogP contribution in [-0.2, 0) is 14.3 Å². The first-order valence-corrected chi connectivity index (χ1v) is 40.3. The monoisotopic (exact) mass is 1240 g/mol. The molecule has 0 saturated carbocycles. The predicted molar refractivity (Wildman–Crippen MR) is 389 cm³/mol. The summed E-state index contributed by atoms with van der Waals surface area (Å²) in [6, 6.07) is -0.625. The highest BCUT2D eigenvalue weighted by atomic mass is 16.5. The Morgan fingerprint density at radius 3 is 0.807 bits per heavy atom. The van der Waals surface area contributed by atoms with Crippen LogP contribution in [0, 0.1) is 0 Å². The van der Waals surface area contributed by atoms with Crippen LogP contribution in [0.5, 0.6) is 0 Å². The molecule has 88 heavy (non-hydrogen) atoms. The fourth-order valence-corrected chi connectivity index (χ4v) is 12.7. The summed E-state index contributed by atoms with van der Waals surface area (Å²) >= 11 is 0. The van der Waals surface area contributed by atoms with Crippen LogP contribution in [0.15, 0.2) is 36.5 Å². The van der Waals surface area contributed by atoms with Crippen molar-refractivity contribution in [1.82, 2.24) is 5.32 Å². The van der Waals surface area contributed by atoms with Crippen LogP contribution < -0.4 is 5.32 Å². The largest absolute Gasteiger partial charge is 0.466 e. The second kappa shape index (κ2) is 77.5. The third kappa shape index (κ3) is 73.1. The lowest BCUT2D eigenvalue weighted by molar-refractivity contribution is -0.143. The molecular weight excluding hydrogens is 1080 g/mol. The summed E-state index contributed by atoms with van der Waals surface area (Å²) in [5.74, 6) is -0.0418. The standard InChI is InChI=1S/C82H157NO5/c1-3-5-7-9-11-13-15-17-19-42-46-50-54-58-62-66-70-74-80(85)79(78-84)83-81(86)75-71-67-63-59-55-51-47-44-40-38-36-34-32-30-28-26-24-22-21-23-25-27-29-31-33-35-37-39-41-45-49-53-57-61-65-69-73-77-88-82(87)76-72-68-64-60-56-52-48-43-20-18-16-14-12-10-8-6-4-2/h18,20-21,23,70,74,79-80,84-85H,3-17,19,22,24-69,71-73,75-78H2,1-2H3,(H,83,86)/b20-18-,23-21-,74-70+. The average molecular weight is 1240 g/mol. The predicted octanol–water partition coefficient (Wildman–Crippen LogP) is 26.6. The molecule has 0 fully saturated rings. The van der Waals surface area contributed by atoms with Gasteiger partial charge in [-0.1, -0.05) is 391 Å². The van der Waals surface area contributed by atoms with Crippen molar-refractivity contribution in [3.63, 3.8) is 0 Å². The number of aliphatic hydroxyl groups is 2. The number of rotatable bonds is 76. The number of esters is 1. The van der Waals surface area contributed by atoms with Crippen molar-refractivity contribution in [2.75, 3.05) is 13.2 Å². The Morgan fingerprint density at radius 2 is 0.534 bits per heavy atom. The number of carbonyl (C=O) groups is 2. The molecule has 0 aromatic heterocycles. The van der Waals surface area contributed by atoms with Crippen molar-refractivity contribution in [3.8, 4) is 0 Å². The lowest BCUT2D eigenvalue weighted by atomic mass is 10.0. The van der Waals surface area contributed by atoms with Gasteiger partial charge in [0.15, 0.2) is 0 Å². The molecule has 0 radical (unpaired) electrons. The molecule has 0 spiro atoms. The molecule has 2 unspecified atom stereocenters. The van der Waals surface area contributed by atoms with E-state index in [2.05, 4.69) is 43.5 Å². The van der Waals surface area contributed by atoms with Gasteiger partial charge in [0.1, 0.15) is 0 Å². The molecule has 0 aliphatic carbocycles. The molecule has 0 aromatic rings. The van der Waals surface area contributed by atoms with Gasteiger partial charge in [-0.25, -0.2) is 0 Å². The quantitative estimate of drug-likeness (QED) is 0.0320. The van der Waals surface area contributed by atoms with Gasteiger partial charge in [-0.05, 0) is 83.5 Å². The van der Waals surface area contributed by atoms with Crippen molar-refractivity contribution in [2.45, 2.75) is 463 Å². The summed E-state index contributed by atoms with van der Waals surface area (Å²) in [4.78, 5) is 24.6. The van der Waals surface area contributed by atoms with E-state index in [0.29, 0.717) is 19.4 Å². The number of ether oxygens (including phenoxy) is 1. The fraction of sp³-hybridized carbons (Fsp3) is 0.902. The Balaban J connectivity index is 3.34. The molecule has 1 amide bonds. The number of hydrogen-bond donors (Lipinski definition) is 3. The topological polar surface area (TPSA) is 95.9 Å². The maximum Gasteiger partial charge on any atom is 0.305 e. The number of aliphatic hydroxyl groups excluding tert-OH is 2. The summed E-state index contributed by atoms with van der Waals surface area (Å²) in [6.07, 6.45) is 101. The number of carbonyl (C=O) groups excluding carboxylic acids is 2. The Labute approximate surface area is 551 Å². The first kappa shape index (κ1) is 86.1. The molecule has 0 rings (SSSR count). The third-order valence-electron chi connectivity index (χ3n) is 18.9. The molecule has 0 aliphatic rings. The van der Waals surface area contributed by atoms with Crippen LogP contribution in [0.2, 0.25) is 0 Å². The van der Waals surface area contributed by atoms with Crippen molar-refractivity contribution in [2.24, 2.45) is 0 Å². The van der Waals surface area contributed by atoms with E-state index < -0.39 is 12.1 Å². The minimum absolute atomic E-state index is 0.0186. The summed E-state index contributed by atoms with van der Waals surface area (Å²) in [6.45, 7) is 4.94. The second-order valence-electron chi connectivity index (χ2n) is 27.7. The van der Waals surface area contributed by atoms with Crippen LogP contribution in [0.3, 0.4) is 0 Å². The van der Waals surface area contributed by atoms with E-state index in [0.717, 1.165) is 44.9 Å². The smallest absolute Gasteiger partial charge is 0.305 e. The van der Waals surface area contributed by atoms with Crippen LogP contribution in [0.25, 0.3) is 0 Å². The number of unbranched alkanes of at least 4 members (excludes halogenated alkanes) is 61. The maximum atomic E-state index is 12.5. The molecular formula is C82H157NO5. The van der Waals surface area contributed by atoms with Gasteiger partial charge >= 0.3 is 5.97 Å². The fourth-order valence-electron chi connectivity index (χ4n) is 12.7. The summed E-state index contributed by atoms with van der Waals surface area (Å²) in [5.41, 5.74) is 0. The first-order chi connectivity index (χ1) is 43.5. The highest BCUT2D eigenvalue weighted by Gasteiger charge is 2.18. The van der Waals surface area contributed by atoms with Crippen LogP contribution in [0.4, 0.5) is 0 Å². The van der Waals surface area contributed by atoms with Crippen LogP contribution >= 0.6 is 0 Å². The zero-order chi connectivity index (χ0) is 63.5. The van der Waals surface area contributed by atoms with Gasteiger partial charge in [0, 0.05) is 12.8 Å². The zero-order valence-electron chi connectivity index (χ0n) is 59.7. The third-order valence-corrected chi connectivity index (χ3v) is 18.9. The number of allylic oxidation sites excluding steroid dienone is 5. The summed E-state index contributed by atoms with van der Waals surface area (Å²) in [5, 5.41) is 23.2. The molecule has 2 atom stereocenters. The van der Waals surface area contributed by atoms with Gasteiger partial charge in [-0.3, -0.25) is 9.59 Å². The van der Waals surface area contributed by atoms with Crippen molar-refractivity contribution in [3.05, 3.63) is 36.5 Å². The Morgan fingerprint density at radius 1 is 0.307 bits per heavy atom. The molecule has 0 aliphatic heterocycles. The molecule has 6 heteroatoms. The first-order valence-electron chi connectivity index (χ1n) is 40.3. The Hall–Kier alpha value is -1.92. The second-order valence-corrected chi connectivity index (χ2v) is 27.7. The lowest BCUT2D eigenvalue weighted by Gasteiger charge is -2.20. The van der Waals surface area contributed by atoms with E-state index in [1.807, 2.05) is 6.08 Å². The highest BCUT2D eigenvalue weighted by molar-refractivity contribution is 5.76. The molecule has 3 N–H and O–H groups in total. The normalized spacial score (nSPS) is 12.6. The number of nitrogens with one attached hydrogen (secondary N) is 1. The number of hydrogen-bond acceptors (Lipinski definition) is 5. The van der Waals surface area contributed by atoms with E-state index in [4.69, 9.17) is 4.74 Å². The maximum absolute atomic E-state index is 12.5. The molecule has 6 nitrogen and oxygen atoms in total. The molecule has 0 saturated heterocycles. The van der Waals surface area contributed by atoms with Crippen LogP contribution in [-0.4, -0.2) is 47.4 Å². The van der Waals surface area contributed by atoms with E-state index >= 15 is 0 Å². The summed E-state index contributed by atoms with van der Waals surface area (Å²) in [7, 11) is 0. The number of amides is 1. The van der Waals surface area contributed by atoms with E-state index in [1.165, 1.54) is 379 Å². The average Bonchev–Trinajstić information content (AvgIpc) is 3.58. The van der Waals surface area contributed by atoms with Crippen molar-refractivity contribution >= 4 is 11.9 Å². The van der Waals surface area contributed by atoms with Crippen molar-refractivity contribution < 1.29 is 24.5 Å².